The Balaban J connectivity index is 2.11. The van der Waals surface area contributed by atoms with Crippen LogP contribution in [0, 0.1) is 0 Å². The zero-order valence-electron chi connectivity index (χ0n) is 9.61. The molecule has 2 rings (SSSR count). The highest BCUT2D eigenvalue weighted by atomic mass is 16.2. The molecule has 0 aromatic carbocycles. The molecular weight excluding hydrogens is 206 g/mol. The van der Waals surface area contributed by atoms with Gasteiger partial charge in [-0.25, -0.2) is 0 Å². The Hall–Kier alpha value is -0.940. The summed E-state index contributed by atoms with van der Waals surface area (Å²) in [4.78, 5) is 24.9. The molecule has 3 atom stereocenters. The minimum atomic E-state index is -0.244. The van der Waals surface area contributed by atoms with Crippen molar-refractivity contribution in [3.05, 3.63) is 0 Å². The fraction of sp³-hybridized carbons (Fsp3) is 0.818. The van der Waals surface area contributed by atoms with Crippen LogP contribution in [0.25, 0.3) is 0 Å². The molecule has 0 spiro atoms. The molecule has 1 aliphatic carbocycles. The summed E-state index contributed by atoms with van der Waals surface area (Å²) in [7, 11) is 0. The van der Waals surface area contributed by atoms with Crippen molar-refractivity contribution in [1.82, 2.24) is 10.2 Å². The minimum Gasteiger partial charge on any atom is -0.326 e. The van der Waals surface area contributed by atoms with Gasteiger partial charge in [0.15, 0.2) is 0 Å². The summed E-state index contributed by atoms with van der Waals surface area (Å²) in [6, 6.07) is 0.0282. The molecule has 2 amide bonds. The van der Waals surface area contributed by atoms with Crippen LogP contribution in [0.3, 0.4) is 0 Å². The molecule has 0 aromatic rings. The van der Waals surface area contributed by atoms with Crippen LogP contribution in [0.2, 0.25) is 0 Å². The number of imide groups is 1. The number of nitrogens with two attached hydrogens (primary N) is 1. The maximum atomic E-state index is 11.5. The van der Waals surface area contributed by atoms with E-state index in [1.54, 1.807) is 0 Å². The summed E-state index contributed by atoms with van der Waals surface area (Å²) in [6.45, 7) is 2.13. The van der Waals surface area contributed by atoms with E-state index in [1.165, 1.54) is 0 Å². The molecule has 0 aromatic heterocycles. The van der Waals surface area contributed by atoms with Crippen molar-refractivity contribution in [2.24, 2.45) is 5.73 Å². The lowest BCUT2D eigenvalue weighted by Gasteiger charge is -2.42. The number of carbonyl (C=O) groups is 2. The fourth-order valence-corrected chi connectivity index (χ4v) is 2.69. The summed E-state index contributed by atoms with van der Waals surface area (Å²) in [5.74, 6) is -0.408. The molecule has 5 heteroatoms. The molecule has 5 nitrogen and oxygen atoms in total. The van der Waals surface area contributed by atoms with Gasteiger partial charge in [0.1, 0.15) is 0 Å². The Morgan fingerprint density at radius 3 is 2.69 bits per heavy atom. The second kappa shape index (κ2) is 4.51. The van der Waals surface area contributed by atoms with E-state index in [4.69, 9.17) is 5.73 Å². The number of carbonyl (C=O) groups excluding carboxylic acids is 2. The van der Waals surface area contributed by atoms with E-state index in [0.717, 1.165) is 25.7 Å². The van der Waals surface area contributed by atoms with Gasteiger partial charge >= 0.3 is 0 Å². The number of amides is 2. The molecule has 90 valence electrons. The van der Waals surface area contributed by atoms with Crippen molar-refractivity contribution in [2.75, 3.05) is 6.54 Å². The van der Waals surface area contributed by atoms with Gasteiger partial charge in [0.2, 0.25) is 11.8 Å². The summed E-state index contributed by atoms with van der Waals surface area (Å²) < 4.78 is 0. The number of piperazine rings is 1. The van der Waals surface area contributed by atoms with Crippen molar-refractivity contribution < 1.29 is 9.59 Å². The van der Waals surface area contributed by atoms with Crippen LogP contribution < -0.4 is 11.1 Å². The van der Waals surface area contributed by atoms with Crippen LogP contribution in [0.4, 0.5) is 0 Å². The molecule has 1 saturated carbocycles. The van der Waals surface area contributed by atoms with Crippen LogP contribution in [0.5, 0.6) is 0 Å². The van der Waals surface area contributed by atoms with Gasteiger partial charge < -0.3 is 5.73 Å². The van der Waals surface area contributed by atoms with Gasteiger partial charge in [-0.3, -0.25) is 19.8 Å². The SMILES string of the molecule is CC1C(=O)NC(=O)CN1C1CCCCC1N. The largest absolute Gasteiger partial charge is 0.326 e. The number of nitrogens with one attached hydrogen (secondary N) is 1. The molecule has 0 radical (unpaired) electrons. The van der Waals surface area contributed by atoms with Crippen LogP contribution in [-0.2, 0) is 9.59 Å². The Morgan fingerprint density at radius 2 is 2.00 bits per heavy atom. The van der Waals surface area contributed by atoms with E-state index >= 15 is 0 Å². The highest BCUT2D eigenvalue weighted by Gasteiger charge is 2.37. The van der Waals surface area contributed by atoms with Crippen molar-refractivity contribution in [1.29, 1.82) is 0 Å². The Labute approximate surface area is 95.3 Å². The van der Waals surface area contributed by atoms with Gasteiger partial charge in [0.05, 0.1) is 12.6 Å². The van der Waals surface area contributed by atoms with E-state index in [-0.39, 0.29) is 29.9 Å². The first-order valence-electron chi connectivity index (χ1n) is 5.94. The maximum absolute atomic E-state index is 11.5. The highest BCUT2D eigenvalue weighted by molar-refractivity contribution is 6.00. The van der Waals surface area contributed by atoms with E-state index in [1.807, 2.05) is 11.8 Å². The van der Waals surface area contributed by atoms with E-state index in [9.17, 15) is 9.59 Å². The smallest absolute Gasteiger partial charge is 0.243 e. The quantitative estimate of drug-likeness (QED) is 0.596. The average molecular weight is 225 g/mol. The molecule has 2 fully saturated rings. The Kier molecular flexibility index (Phi) is 3.25. The number of hydrogen-bond donors (Lipinski definition) is 2. The molecule has 0 bridgehead atoms. The highest BCUT2D eigenvalue weighted by Crippen LogP contribution is 2.24. The normalized spacial score (nSPS) is 37.2. The van der Waals surface area contributed by atoms with Crippen molar-refractivity contribution in [3.8, 4) is 0 Å². The number of rotatable bonds is 1. The molecule has 1 aliphatic heterocycles. The lowest BCUT2D eigenvalue weighted by Crippen LogP contribution is -2.63. The van der Waals surface area contributed by atoms with Crippen LogP contribution in [0.15, 0.2) is 0 Å². The predicted octanol–water partition coefficient (Wildman–Crippen LogP) is -0.397. The molecule has 16 heavy (non-hydrogen) atoms. The maximum Gasteiger partial charge on any atom is 0.243 e. The summed E-state index contributed by atoms with van der Waals surface area (Å²) in [5, 5.41) is 2.35. The van der Waals surface area contributed by atoms with E-state index < -0.39 is 0 Å². The number of hydrogen-bond acceptors (Lipinski definition) is 4. The van der Waals surface area contributed by atoms with Gasteiger partial charge in [0.25, 0.3) is 0 Å². The fourth-order valence-electron chi connectivity index (χ4n) is 2.69. The van der Waals surface area contributed by atoms with Gasteiger partial charge in [-0.15, -0.1) is 0 Å². The summed E-state index contributed by atoms with van der Waals surface area (Å²) in [5.41, 5.74) is 6.08. The first-order chi connectivity index (χ1) is 7.59. The molecule has 1 saturated heterocycles. The first-order valence-corrected chi connectivity index (χ1v) is 5.94. The van der Waals surface area contributed by atoms with Gasteiger partial charge in [-0.1, -0.05) is 12.8 Å². The summed E-state index contributed by atoms with van der Waals surface area (Å²) >= 11 is 0. The Morgan fingerprint density at radius 1 is 1.31 bits per heavy atom. The molecule has 1 heterocycles. The third-order valence-corrected chi connectivity index (χ3v) is 3.67. The standard InChI is InChI=1S/C11H19N3O2/c1-7-11(16)13-10(15)6-14(7)9-5-3-2-4-8(9)12/h7-9H,2-6,12H2,1H3,(H,13,15,16). The molecule has 3 N–H and O–H groups in total. The molecule has 3 unspecified atom stereocenters. The first kappa shape index (κ1) is 11.5. The third kappa shape index (κ3) is 2.10. The lowest BCUT2D eigenvalue weighted by atomic mass is 9.88. The van der Waals surface area contributed by atoms with Crippen molar-refractivity contribution in [2.45, 2.75) is 50.7 Å². The monoisotopic (exact) mass is 225 g/mol. The van der Waals surface area contributed by atoms with Crippen molar-refractivity contribution >= 4 is 11.8 Å². The van der Waals surface area contributed by atoms with Crippen LogP contribution in [-0.4, -0.2) is 41.4 Å². The topological polar surface area (TPSA) is 75.4 Å². The predicted molar refractivity (Wildman–Crippen MR) is 59.5 cm³/mol. The van der Waals surface area contributed by atoms with Crippen LogP contribution in [0.1, 0.15) is 32.6 Å². The van der Waals surface area contributed by atoms with E-state index in [2.05, 4.69) is 5.32 Å². The lowest BCUT2D eigenvalue weighted by molar-refractivity contribution is -0.141. The average Bonchev–Trinajstić information content (AvgIpc) is 2.24. The van der Waals surface area contributed by atoms with Gasteiger partial charge in [-0.2, -0.15) is 0 Å². The minimum absolute atomic E-state index is 0.0925. The third-order valence-electron chi connectivity index (χ3n) is 3.67. The molecular formula is C11H19N3O2. The summed E-state index contributed by atoms with van der Waals surface area (Å²) in [6.07, 6.45) is 4.27. The second-order valence-corrected chi connectivity index (χ2v) is 4.78. The van der Waals surface area contributed by atoms with Gasteiger partial charge in [-0.05, 0) is 19.8 Å². The van der Waals surface area contributed by atoms with Crippen molar-refractivity contribution in [3.63, 3.8) is 0 Å². The molecule has 2 aliphatic rings. The number of nitrogens with zero attached hydrogens (tertiary/aromatic N) is 1. The zero-order chi connectivity index (χ0) is 11.7. The van der Waals surface area contributed by atoms with Gasteiger partial charge in [0, 0.05) is 12.1 Å². The van der Waals surface area contributed by atoms with E-state index in [0.29, 0.717) is 6.54 Å². The van der Waals surface area contributed by atoms with Crippen LogP contribution >= 0.6 is 0 Å². The zero-order valence-corrected chi connectivity index (χ0v) is 9.61. The second-order valence-electron chi connectivity index (χ2n) is 4.78. The Bertz CT molecular complexity index is 306.